The predicted octanol–water partition coefficient (Wildman–Crippen LogP) is 2.42. The first-order chi connectivity index (χ1) is 13.0. The van der Waals surface area contributed by atoms with Gasteiger partial charge < -0.3 is 10.1 Å². The molecule has 1 heterocycles. The molecule has 1 unspecified atom stereocenters. The highest BCUT2D eigenvalue weighted by Gasteiger charge is 2.35. The lowest BCUT2D eigenvalue weighted by molar-refractivity contribution is -0.384. The highest BCUT2D eigenvalue weighted by Crippen LogP contribution is 2.37. The second-order valence-electron chi connectivity index (χ2n) is 6.11. The second-order valence-corrected chi connectivity index (χ2v) is 6.11. The highest BCUT2D eigenvalue weighted by molar-refractivity contribution is 6.04. The fourth-order valence-electron chi connectivity index (χ4n) is 2.84. The number of hydrogen-bond acceptors (Lipinski definition) is 5. The molecular formula is C19H19N3O5. The van der Waals surface area contributed by atoms with E-state index in [2.05, 4.69) is 5.32 Å². The van der Waals surface area contributed by atoms with Gasteiger partial charge >= 0.3 is 0 Å². The Kier molecular flexibility index (Phi) is 5.35. The third-order valence-corrected chi connectivity index (χ3v) is 4.26. The van der Waals surface area contributed by atoms with Crippen molar-refractivity contribution >= 4 is 23.2 Å². The first kappa shape index (κ1) is 18.4. The first-order valence-corrected chi connectivity index (χ1v) is 8.56. The normalized spacial score (nSPS) is 15.7. The van der Waals surface area contributed by atoms with E-state index in [4.69, 9.17) is 4.74 Å². The van der Waals surface area contributed by atoms with Gasteiger partial charge in [-0.3, -0.25) is 24.6 Å². The second kappa shape index (κ2) is 7.86. The minimum absolute atomic E-state index is 0.171. The SMILES string of the molecule is CCC1Oc2ccc([N+](=O)[O-])cc2N(CC(=O)NCc2ccccc2)C1=O. The number of hydrogen-bond donors (Lipinski definition) is 1. The summed E-state index contributed by atoms with van der Waals surface area (Å²) in [6.07, 6.45) is -0.293. The largest absolute Gasteiger partial charge is 0.478 e. The van der Waals surface area contributed by atoms with Crippen LogP contribution in [0.15, 0.2) is 48.5 Å². The molecule has 1 N–H and O–H groups in total. The number of anilines is 1. The number of fused-ring (bicyclic) bond motifs is 1. The van der Waals surface area contributed by atoms with Gasteiger partial charge in [0.05, 0.1) is 10.6 Å². The molecule has 0 fully saturated rings. The Balaban J connectivity index is 1.80. The van der Waals surface area contributed by atoms with E-state index in [1.807, 2.05) is 30.3 Å². The molecule has 0 saturated heterocycles. The van der Waals surface area contributed by atoms with E-state index in [-0.39, 0.29) is 29.7 Å². The number of ether oxygens (including phenoxy) is 1. The molecule has 2 amide bonds. The van der Waals surface area contributed by atoms with Gasteiger partial charge in [-0.15, -0.1) is 0 Å². The number of nitrogens with one attached hydrogen (secondary N) is 1. The lowest BCUT2D eigenvalue weighted by atomic mass is 10.1. The predicted molar refractivity (Wildman–Crippen MR) is 98.4 cm³/mol. The van der Waals surface area contributed by atoms with Crippen LogP contribution >= 0.6 is 0 Å². The Bertz CT molecular complexity index is 869. The molecule has 1 aliphatic heterocycles. The summed E-state index contributed by atoms with van der Waals surface area (Å²) >= 11 is 0. The minimum atomic E-state index is -0.721. The van der Waals surface area contributed by atoms with Crippen molar-refractivity contribution in [2.45, 2.75) is 26.0 Å². The molecule has 8 heteroatoms. The van der Waals surface area contributed by atoms with Crippen LogP contribution in [0, 0.1) is 10.1 Å². The average molecular weight is 369 g/mol. The van der Waals surface area contributed by atoms with Gasteiger partial charge in [-0.25, -0.2) is 0 Å². The van der Waals surface area contributed by atoms with Crippen LogP contribution in [0.5, 0.6) is 5.75 Å². The van der Waals surface area contributed by atoms with Crippen LogP contribution in [-0.4, -0.2) is 29.4 Å². The van der Waals surface area contributed by atoms with Crippen molar-refractivity contribution in [1.29, 1.82) is 0 Å². The van der Waals surface area contributed by atoms with Gasteiger partial charge in [-0.05, 0) is 18.1 Å². The highest BCUT2D eigenvalue weighted by atomic mass is 16.6. The maximum Gasteiger partial charge on any atom is 0.271 e. The molecule has 3 rings (SSSR count). The minimum Gasteiger partial charge on any atom is -0.478 e. The van der Waals surface area contributed by atoms with Crippen molar-refractivity contribution in [2.75, 3.05) is 11.4 Å². The molecule has 140 valence electrons. The molecule has 0 aliphatic carbocycles. The Morgan fingerprint density at radius 2 is 2.00 bits per heavy atom. The zero-order chi connectivity index (χ0) is 19.4. The summed E-state index contributed by atoms with van der Waals surface area (Å²) in [5.74, 6) is -0.398. The quantitative estimate of drug-likeness (QED) is 0.622. The van der Waals surface area contributed by atoms with Crippen LogP contribution in [-0.2, 0) is 16.1 Å². The van der Waals surface area contributed by atoms with E-state index in [0.717, 1.165) is 5.56 Å². The Labute approximate surface area is 155 Å². The number of nitro groups is 1. The molecule has 0 spiro atoms. The average Bonchev–Trinajstić information content (AvgIpc) is 2.68. The van der Waals surface area contributed by atoms with Crippen molar-refractivity contribution in [3.8, 4) is 5.75 Å². The molecule has 8 nitrogen and oxygen atoms in total. The molecule has 27 heavy (non-hydrogen) atoms. The topological polar surface area (TPSA) is 102 Å². The van der Waals surface area contributed by atoms with Gasteiger partial charge in [0.25, 0.3) is 11.6 Å². The Hall–Kier alpha value is -3.42. The number of benzene rings is 2. The van der Waals surface area contributed by atoms with Crippen molar-refractivity contribution in [1.82, 2.24) is 5.32 Å². The molecule has 0 saturated carbocycles. The standard InChI is InChI=1S/C19H19N3O5/c1-2-16-19(24)21(12-18(23)20-11-13-6-4-3-5-7-13)15-10-14(22(25)26)8-9-17(15)27-16/h3-10,16H,2,11-12H2,1H3,(H,20,23). The van der Waals surface area contributed by atoms with Gasteiger partial charge in [0, 0.05) is 18.7 Å². The summed E-state index contributed by atoms with van der Waals surface area (Å²) in [5.41, 5.74) is 0.991. The fourth-order valence-corrected chi connectivity index (χ4v) is 2.84. The number of carbonyl (C=O) groups is 2. The van der Waals surface area contributed by atoms with Crippen LogP contribution in [0.4, 0.5) is 11.4 Å². The van der Waals surface area contributed by atoms with Crippen molar-refractivity contribution in [3.63, 3.8) is 0 Å². The van der Waals surface area contributed by atoms with E-state index >= 15 is 0 Å². The molecule has 1 aliphatic rings. The molecular weight excluding hydrogens is 350 g/mol. The molecule has 0 aromatic heterocycles. The zero-order valence-corrected chi connectivity index (χ0v) is 14.8. The van der Waals surface area contributed by atoms with Gasteiger partial charge in [0.15, 0.2) is 6.10 Å². The maximum absolute atomic E-state index is 12.7. The molecule has 0 radical (unpaired) electrons. The zero-order valence-electron chi connectivity index (χ0n) is 14.8. The molecule has 2 aromatic rings. The monoisotopic (exact) mass is 369 g/mol. The Morgan fingerprint density at radius 3 is 2.67 bits per heavy atom. The number of amides is 2. The van der Waals surface area contributed by atoms with Crippen molar-refractivity contribution in [3.05, 3.63) is 64.2 Å². The number of rotatable bonds is 6. The van der Waals surface area contributed by atoms with E-state index < -0.39 is 11.0 Å². The molecule has 1 atom stereocenters. The van der Waals surface area contributed by atoms with Gasteiger partial charge in [-0.2, -0.15) is 0 Å². The van der Waals surface area contributed by atoms with Crippen LogP contribution in [0.3, 0.4) is 0 Å². The summed E-state index contributed by atoms with van der Waals surface area (Å²) in [4.78, 5) is 36.8. The molecule has 0 bridgehead atoms. The van der Waals surface area contributed by atoms with Crippen LogP contribution in [0.2, 0.25) is 0 Å². The number of carbonyl (C=O) groups excluding carboxylic acids is 2. The van der Waals surface area contributed by atoms with E-state index in [1.54, 1.807) is 6.92 Å². The van der Waals surface area contributed by atoms with E-state index in [0.29, 0.717) is 18.7 Å². The van der Waals surface area contributed by atoms with Crippen molar-refractivity contribution in [2.24, 2.45) is 0 Å². The summed E-state index contributed by atoms with van der Waals surface area (Å²) < 4.78 is 5.62. The summed E-state index contributed by atoms with van der Waals surface area (Å²) in [7, 11) is 0. The lowest BCUT2D eigenvalue weighted by Gasteiger charge is -2.33. The van der Waals surface area contributed by atoms with Crippen LogP contribution in [0.1, 0.15) is 18.9 Å². The van der Waals surface area contributed by atoms with Crippen LogP contribution < -0.4 is 15.0 Å². The Morgan fingerprint density at radius 1 is 1.26 bits per heavy atom. The fraction of sp³-hybridized carbons (Fsp3) is 0.263. The van der Waals surface area contributed by atoms with Crippen LogP contribution in [0.25, 0.3) is 0 Å². The summed E-state index contributed by atoms with van der Waals surface area (Å²) in [6.45, 7) is 1.89. The van der Waals surface area contributed by atoms with Gasteiger partial charge in [-0.1, -0.05) is 37.3 Å². The third-order valence-electron chi connectivity index (χ3n) is 4.26. The van der Waals surface area contributed by atoms with E-state index in [9.17, 15) is 19.7 Å². The van der Waals surface area contributed by atoms with Gasteiger partial charge in [0.2, 0.25) is 5.91 Å². The maximum atomic E-state index is 12.7. The van der Waals surface area contributed by atoms with E-state index in [1.165, 1.54) is 23.1 Å². The number of non-ortho nitro benzene ring substituents is 1. The third kappa shape index (κ3) is 4.05. The van der Waals surface area contributed by atoms with Gasteiger partial charge in [0.1, 0.15) is 12.3 Å². The summed E-state index contributed by atoms with van der Waals surface area (Å²) in [6, 6.07) is 13.4. The molecule has 2 aromatic carbocycles. The van der Waals surface area contributed by atoms with Crippen molar-refractivity contribution < 1.29 is 19.2 Å². The lowest BCUT2D eigenvalue weighted by Crippen LogP contribution is -2.49. The number of nitrogens with zero attached hydrogens (tertiary/aromatic N) is 2. The smallest absolute Gasteiger partial charge is 0.271 e. The number of nitro benzene ring substituents is 1. The first-order valence-electron chi connectivity index (χ1n) is 8.56. The summed E-state index contributed by atoms with van der Waals surface area (Å²) in [5, 5.41) is 13.8.